The fourth-order valence-corrected chi connectivity index (χ4v) is 8.26. The van der Waals surface area contributed by atoms with E-state index in [9.17, 15) is 13.2 Å². The molecule has 1 aromatic heterocycles. The van der Waals surface area contributed by atoms with Crippen molar-refractivity contribution in [2.24, 2.45) is 0 Å². The van der Waals surface area contributed by atoms with Crippen molar-refractivity contribution in [1.82, 2.24) is 19.1 Å². The van der Waals surface area contributed by atoms with Crippen LogP contribution < -0.4 is 0 Å². The van der Waals surface area contributed by atoms with Gasteiger partial charge in [-0.15, -0.1) is 10.2 Å². The molecule has 1 aliphatic heterocycles. The van der Waals surface area contributed by atoms with Gasteiger partial charge in [0.05, 0.1) is 12.5 Å². The quantitative estimate of drug-likeness (QED) is 0.441. The molecule has 2 heterocycles. The highest BCUT2D eigenvalue weighted by Crippen LogP contribution is 2.44. The maximum atomic E-state index is 13.6. The van der Waals surface area contributed by atoms with E-state index in [0.717, 1.165) is 36.0 Å². The molecule has 3 aromatic rings. The monoisotopic (exact) mass is 522 g/mol. The van der Waals surface area contributed by atoms with Gasteiger partial charge >= 0.3 is 5.97 Å². The molecular weight excluding hydrogens is 488 g/mol. The number of esters is 1. The summed E-state index contributed by atoms with van der Waals surface area (Å²) in [7, 11) is -2.07. The van der Waals surface area contributed by atoms with Crippen molar-refractivity contribution in [1.29, 1.82) is 0 Å². The second kappa shape index (κ2) is 10.4. The third-order valence-corrected chi connectivity index (χ3v) is 10.7. The number of carbonyl (C=O) groups is 1. The lowest BCUT2D eigenvalue weighted by Gasteiger charge is -2.39. The van der Waals surface area contributed by atoms with Crippen molar-refractivity contribution in [3.05, 3.63) is 83.9 Å². The van der Waals surface area contributed by atoms with Crippen molar-refractivity contribution in [3.63, 3.8) is 0 Å². The molecule has 9 heteroatoms. The van der Waals surface area contributed by atoms with Crippen LogP contribution in [0.2, 0.25) is 0 Å². The first-order chi connectivity index (χ1) is 17.8. The number of methoxy groups -OCH3 is 1. The summed E-state index contributed by atoms with van der Waals surface area (Å²) in [6.45, 7) is 2.29. The highest BCUT2D eigenvalue weighted by Gasteiger charge is 2.45. The summed E-state index contributed by atoms with van der Waals surface area (Å²) in [5.74, 6) is -0.222. The summed E-state index contributed by atoms with van der Waals surface area (Å²) in [5, 5.41) is 7.30. The average molecular weight is 523 g/mol. The minimum atomic E-state index is -3.51. The number of hydrogen-bond donors (Lipinski definition) is 0. The molecule has 37 heavy (non-hydrogen) atoms. The predicted octanol–water partition coefficient (Wildman–Crippen LogP) is 4.56. The number of sulfonamides is 1. The summed E-state index contributed by atoms with van der Waals surface area (Å²) in [4.78, 5) is 13.0. The highest BCUT2D eigenvalue weighted by atomic mass is 32.2. The van der Waals surface area contributed by atoms with Crippen molar-refractivity contribution < 1.29 is 17.9 Å². The average Bonchev–Trinajstić information content (AvgIpc) is 3.46. The van der Waals surface area contributed by atoms with Crippen LogP contribution in [0.25, 0.3) is 0 Å². The molecule has 2 atom stereocenters. The van der Waals surface area contributed by atoms with Gasteiger partial charge in [-0.1, -0.05) is 54.6 Å². The smallest absolute Gasteiger partial charge is 0.316 e. The lowest BCUT2D eigenvalue weighted by molar-refractivity contribution is -0.149. The molecule has 196 valence electrons. The Morgan fingerprint density at radius 2 is 1.62 bits per heavy atom. The van der Waals surface area contributed by atoms with E-state index in [4.69, 9.17) is 4.74 Å². The molecule has 0 bridgehead atoms. The van der Waals surface area contributed by atoms with Crippen molar-refractivity contribution in [2.45, 2.75) is 74.7 Å². The van der Waals surface area contributed by atoms with Gasteiger partial charge in [0.25, 0.3) is 0 Å². The molecule has 0 radical (unpaired) electrons. The number of benzene rings is 2. The first-order valence-electron chi connectivity index (χ1n) is 12.9. The summed E-state index contributed by atoms with van der Waals surface area (Å²) in [6, 6.07) is 17.5. The molecule has 0 unspecified atom stereocenters. The van der Waals surface area contributed by atoms with Gasteiger partial charge in [-0.05, 0) is 62.1 Å². The third kappa shape index (κ3) is 4.82. The SMILES string of the molecule is COC(=O)[C@]1(c2ccc(CN3[C@@H](C)CC[C@H](c4ccccc4)S3(=O)=O)cc2)CC[C@H](n2cnnc2)CC1. The Labute approximate surface area is 218 Å². The van der Waals surface area contributed by atoms with E-state index < -0.39 is 20.7 Å². The molecule has 2 aromatic carbocycles. The van der Waals surface area contributed by atoms with Gasteiger partial charge in [0.15, 0.2) is 0 Å². The van der Waals surface area contributed by atoms with Crippen LogP contribution in [0.3, 0.4) is 0 Å². The molecule has 0 spiro atoms. The number of carbonyl (C=O) groups excluding carboxylic acids is 1. The first kappa shape index (κ1) is 25.6. The molecule has 0 N–H and O–H groups in total. The maximum absolute atomic E-state index is 13.6. The van der Waals surface area contributed by atoms with E-state index in [1.54, 1.807) is 17.0 Å². The van der Waals surface area contributed by atoms with Gasteiger partial charge in [0, 0.05) is 18.6 Å². The fraction of sp³-hybridized carbons (Fsp3) is 0.464. The molecule has 1 saturated carbocycles. The Hall–Kier alpha value is -3.04. The fourth-order valence-electron chi connectivity index (χ4n) is 6.06. The summed E-state index contributed by atoms with van der Waals surface area (Å²) < 4.78 is 36.1. The Bertz CT molecular complexity index is 1300. The van der Waals surface area contributed by atoms with Gasteiger partial charge in [0.1, 0.15) is 17.9 Å². The van der Waals surface area contributed by atoms with E-state index in [-0.39, 0.29) is 18.1 Å². The third-order valence-electron chi connectivity index (χ3n) is 8.28. The number of nitrogens with zero attached hydrogens (tertiary/aromatic N) is 4. The van der Waals surface area contributed by atoms with Gasteiger partial charge < -0.3 is 9.30 Å². The van der Waals surface area contributed by atoms with E-state index in [0.29, 0.717) is 25.8 Å². The Balaban J connectivity index is 1.35. The van der Waals surface area contributed by atoms with Crippen LogP contribution in [0.4, 0.5) is 0 Å². The maximum Gasteiger partial charge on any atom is 0.316 e. The van der Waals surface area contributed by atoms with E-state index in [1.807, 2.05) is 66.1 Å². The van der Waals surface area contributed by atoms with Crippen LogP contribution in [0, 0.1) is 0 Å². The summed E-state index contributed by atoms with van der Waals surface area (Å²) in [5.41, 5.74) is 1.96. The van der Waals surface area contributed by atoms with Crippen molar-refractivity contribution >= 4 is 16.0 Å². The van der Waals surface area contributed by atoms with Gasteiger partial charge in [-0.3, -0.25) is 4.79 Å². The van der Waals surface area contributed by atoms with E-state index in [1.165, 1.54) is 7.11 Å². The van der Waals surface area contributed by atoms with Crippen molar-refractivity contribution in [2.75, 3.05) is 7.11 Å². The number of hydrogen-bond acceptors (Lipinski definition) is 6. The first-order valence-corrected chi connectivity index (χ1v) is 14.4. The lowest BCUT2D eigenvalue weighted by Crippen LogP contribution is -2.44. The number of rotatable bonds is 6. The molecule has 8 nitrogen and oxygen atoms in total. The topological polar surface area (TPSA) is 94.4 Å². The van der Waals surface area contributed by atoms with Crippen LogP contribution in [-0.2, 0) is 31.5 Å². The zero-order valence-electron chi connectivity index (χ0n) is 21.4. The molecule has 0 amide bonds. The number of ether oxygens (including phenoxy) is 1. The largest absolute Gasteiger partial charge is 0.468 e. The lowest BCUT2D eigenvalue weighted by atomic mass is 9.68. The molecule has 2 aliphatic rings. The number of aromatic nitrogens is 3. The van der Waals surface area contributed by atoms with Crippen LogP contribution in [-0.4, -0.2) is 46.6 Å². The summed E-state index contributed by atoms with van der Waals surface area (Å²) in [6.07, 6.45) is 7.86. The highest BCUT2D eigenvalue weighted by molar-refractivity contribution is 7.89. The Morgan fingerprint density at radius 1 is 0.973 bits per heavy atom. The molecular formula is C28H34N4O4S. The Morgan fingerprint density at radius 3 is 2.24 bits per heavy atom. The van der Waals surface area contributed by atoms with Crippen LogP contribution in [0.5, 0.6) is 0 Å². The molecule has 1 aliphatic carbocycles. The van der Waals surface area contributed by atoms with Gasteiger partial charge in [-0.2, -0.15) is 4.31 Å². The van der Waals surface area contributed by atoms with Gasteiger partial charge in [0.2, 0.25) is 10.0 Å². The second-order valence-electron chi connectivity index (χ2n) is 10.3. The van der Waals surface area contributed by atoms with E-state index in [2.05, 4.69) is 10.2 Å². The Kier molecular flexibility index (Phi) is 7.18. The molecule has 2 fully saturated rings. The zero-order valence-corrected chi connectivity index (χ0v) is 22.2. The second-order valence-corrected chi connectivity index (χ2v) is 12.4. The van der Waals surface area contributed by atoms with Crippen LogP contribution >= 0.6 is 0 Å². The molecule has 5 rings (SSSR count). The summed E-state index contributed by atoms with van der Waals surface area (Å²) >= 11 is 0. The van der Waals surface area contributed by atoms with Crippen molar-refractivity contribution in [3.8, 4) is 0 Å². The zero-order chi connectivity index (χ0) is 26.0. The minimum Gasteiger partial charge on any atom is -0.468 e. The van der Waals surface area contributed by atoms with Crippen LogP contribution in [0.1, 0.15) is 73.4 Å². The van der Waals surface area contributed by atoms with Gasteiger partial charge in [-0.25, -0.2) is 8.42 Å². The predicted molar refractivity (Wildman–Crippen MR) is 140 cm³/mol. The van der Waals surface area contributed by atoms with Crippen LogP contribution in [0.15, 0.2) is 67.3 Å². The normalized spacial score (nSPS) is 28.0. The standard InChI is InChI=1S/C28H34N4O4S/c1-21-8-13-26(23-6-4-3-5-7-23)37(34,35)32(21)18-22-9-11-24(12-10-22)28(27(33)36-2)16-14-25(15-17-28)31-19-29-30-20-31/h3-7,9-12,19-21,25-26H,8,13-18H2,1-2H3/t21-,25-,26+,28+/m0/s1. The van der Waals surface area contributed by atoms with E-state index >= 15 is 0 Å². The minimum absolute atomic E-state index is 0.0704. The molecule has 1 saturated heterocycles.